The fraction of sp³-hybridized carbons (Fsp3) is 0.500. The molecule has 1 N–H and O–H groups in total. The molecule has 1 fully saturated rings. The van der Waals surface area contributed by atoms with Gasteiger partial charge >= 0.3 is 0 Å². The zero-order valence-electron chi connectivity index (χ0n) is 18.1. The molecular formula is C22H30N4O4. The van der Waals surface area contributed by atoms with E-state index >= 15 is 0 Å². The second-order valence-corrected chi connectivity index (χ2v) is 7.56. The first-order chi connectivity index (χ1) is 14.5. The van der Waals surface area contributed by atoms with Crippen molar-refractivity contribution in [2.45, 2.75) is 33.2 Å². The van der Waals surface area contributed by atoms with Crippen LogP contribution in [0.1, 0.15) is 31.0 Å². The Morgan fingerprint density at radius 1 is 1.27 bits per heavy atom. The molecule has 2 aromatic rings. The Bertz CT molecular complexity index is 874. The lowest BCUT2D eigenvalue weighted by Crippen LogP contribution is -2.35. The van der Waals surface area contributed by atoms with E-state index in [-0.39, 0.29) is 12.5 Å². The molecule has 0 radical (unpaired) electrons. The monoisotopic (exact) mass is 414 g/mol. The maximum absolute atomic E-state index is 12.3. The fourth-order valence-corrected chi connectivity index (χ4v) is 3.59. The minimum Gasteiger partial charge on any atom is -0.493 e. The van der Waals surface area contributed by atoms with Crippen molar-refractivity contribution in [1.82, 2.24) is 15.3 Å². The highest BCUT2D eigenvalue weighted by atomic mass is 16.5. The Hall–Kier alpha value is -3.03. The number of hydrogen-bond acceptors (Lipinski definition) is 7. The number of amides is 1. The molecule has 0 aliphatic carbocycles. The molecule has 1 saturated heterocycles. The van der Waals surface area contributed by atoms with E-state index in [1.54, 1.807) is 20.3 Å². The molecule has 2 heterocycles. The summed E-state index contributed by atoms with van der Waals surface area (Å²) in [6, 6.07) is 7.29. The normalized spacial score (nSPS) is 16.1. The molecule has 162 valence electrons. The zero-order chi connectivity index (χ0) is 21.5. The van der Waals surface area contributed by atoms with Crippen LogP contribution in [-0.2, 0) is 11.3 Å². The number of piperidine rings is 1. The van der Waals surface area contributed by atoms with E-state index in [1.807, 2.05) is 25.1 Å². The third kappa shape index (κ3) is 5.52. The van der Waals surface area contributed by atoms with Crippen molar-refractivity contribution in [3.8, 4) is 17.4 Å². The van der Waals surface area contributed by atoms with Gasteiger partial charge in [0.25, 0.3) is 5.91 Å². The molecule has 8 nitrogen and oxygen atoms in total. The first-order valence-electron chi connectivity index (χ1n) is 10.2. The molecule has 1 amide bonds. The minimum atomic E-state index is -0.246. The van der Waals surface area contributed by atoms with Crippen molar-refractivity contribution < 1.29 is 19.0 Å². The number of nitrogens with zero attached hydrogens (tertiary/aromatic N) is 3. The van der Waals surface area contributed by atoms with Gasteiger partial charge in [0.05, 0.1) is 14.2 Å². The zero-order valence-corrected chi connectivity index (χ0v) is 18.1. The summed E-state index contributed by atoms with van der Waals surface area (Å²) in [5.41, 5.74) is 1.64. The van der Waals surface area contributed by atoms with Crippen LogP contribution in [0, 0.1) is 12.8 Å². The molecular weight excluding hydrogens is 384 g/mol. The van der Waals surface area contributed by atoms with Gasteiger partial charge in [-0.05, 0) is 31.7 Å². The SMILES string of the molecule is COc1cccc(CNC(=O)COc2cc(C)nc(N3CCC[C@H](C)C3)n2)c1OC. The van der Waals surface area contributed by atoms with E-state index in [2.05, 4.69) is 27.1 Å². The van der Waals surface area contributed by atoms with Gasteiger partial charge in [0.2, 0.25) is 11.8 Å². The van der Waals surface area contributed by atoms with Gasteiger partial charge in [-0.25, -0.2) is 4.98 Å². The van der Waals surface area contributed by atoms with Gasteiger partial charge in [-0.15, -0.1) is 0 Å². The molecule has 3 rings (SSSR count). The van der Waals surface area contributed by atoms with Crippen LogP contribution in [0.3, 0.4) is 0 Å². The van der Waals surface area contributed by atoms with Crippen molar-refractivity contribution in [3.05, 3.63) is 35.5 Å². The standard InChI is InChI=1S/C22H30N4O4/c1-15-7-6-10-26(13-15)22-24-16(2)11-20(25-22)30-14-19(27)23-12-17-8-5-9-18(28-3)21(17)29-4/h5,8-9,11,15H,6-7,10,12-14H2,1-4H3,(H,23,27)/t15-/m0/s1. The summed E-state index contributed by atoms with van der Waals surface area (Å²) in [7, 11) is 3.15. The third-order valence-electron chi connectivity index (χ3n) is 5.07. The van der Waals surface area contributed by atoms with E-state index in [0.717, 1.165) is 30.8 Å². The van der Waals surface area contributed by atoms with Crippen LogP contribution in [0.4, 0.5) is 5.95 Å². The van der Waals surface area contributed by atoms with E-state index < -0.39 is 0 Å². The number of aryl methyl sites for hydroxylation is 1. The molecule has 1 aromatic heterocycles. The van der Waals surface area contributed by atoms with Crippen LogP contribution in [0.25, 0.3) is 0 Å². The summed E-state index contributed by atoms with van der Waals surface area (Å²) in [6.45, 7) is 6.20. The Morgan fingerprint density at radius 3 is 2.83 bits per heavy atom. The van der Waals surface area contributed by atoms with Crippen LogP contribution in [0.2, 0.25) is 0 Å². The number of anilines is 1. The largest absolute Gasteiger partial charge is 0.493 e. The van der Waals surface area contributed by atoms with Gasteiger partial charge in [-0.2, -0.15) is 4.98 Å². The molecule has 0 spiro atoms. The van der Waals surface area contributed by atoms with Crippen LogP contribution in [-0.4, -0.2) is 49.8 Å². The number of ether oxygens (including phenoxy) is 3. The highest BCUT2D eigenvalue weighted by Crippen LogP contribution is 2.30. The summed E-state index contributed by atoms with van der Waals surface area (Å²) in [5, 5.41) is 2.84. The topological polar surface area (TPSA) is 85.8 Å². The second kappa shape index (κ2) is 10.1. The van der Waals surface area contributed by atoms with E-state index in [9.17, 15) is 4.79 Å². The van der Waals surface area contributed by atoms with Crippen LogP contribution in [0.15, 0.2) is 24.3 Å². The third-order valence-corrected chi connectivity index (χ3v) is 5.07. The van der Waals surface area contributed by atoms with Gasteiger partial charge in [0.1, 0.15) is 0 Å². The maximum Gasteiger partial charge on any atom is 0.258 e. The maximum atomic E-state index is 12.3. The molecule has 1 atom stereocenters. The summed E-state index contributed by atoms with van der Waals surface area (Å²) >= 11 is 0. The lowest BCUT2D eigenvalue weighted by molar-refractivity contribution is -0.123. The van der Waals surface area contributed by atoms with Crippen molar-refractivity contribution >= 4 is 11.9 Å². The van der Waals surface area contributed by atoms with Crippen LogP contribution in [0.5, 0.6) is 17.4 Å². The molecule has 0 unspecified atom stereocenters. The number of benzene rings is 1. The van der Waals surface area contributed by atoms with Gasteiger partial charge in [0.15, 0.2) is 18.1 Å². The molecule has 30 heavy (non-hydrogen) atoms. The Labute approximate surface area is 177 Å². The minimum absolute atomic E-state index is 0.126. The highest BCUT2D eigenvalue weighted by Gasteiger charge is 2.20. The molecule has 1 aromatic carbocycles. The quantitative estimate of drug-likeness (QED) is 0.711. The lowest BCUT2D eigenvalue weighted by Gasteiger charge is -2.31. The molecule has 8 heteroatoms. The van der Waals surface area contributed by atoms with Gasteiger partial charge in [-0.3, -0.25) is 4.79 Å². The lowest BCUT2D eigenvalue weighted by atomic mass is 10.0. The Balaban J connectivity index is 1.57. The number of aromatic nitrogens is 2. The van der Waals surface area contributed by atoms with E-state index in [1.165, 1.54) is 6.42 Å². The number of rotatable bonds is 8. The first-order valence-corrected chi connectivity index (χ1v) is 10.2. The summed E-state index contributed by atoms with van der Waals surface area (Å²) < 4.78 is 16.3. The van der Waals surface area contributed by atoms with Gasteiger partial charge in [0, 0.05) is 37.0 Å². The average Bonchev–Trinajstić information content (AvgIpc) is 2.75. The van der Waals surface area contributed by atoms with Crippen molar-refractivity contribution in [2.75, 3.05) is 38.8 Å². The molecule has 1 aliphatic heterocycles. The predicted octanol–water partition coefficient (Wildman–Crippen LogP) is 2.73. The number of nitrogens with one attached hydrogen (secondary N) is 1. The predicted molar refractivity (Wildman–Crippen MR) is 114 cm³/mol. The van der Waals surface area contributed by atoms with Crippen LogP contribution < -0.4 is 24.4 Å². The Kier molecular flexibility index (Phi) is 7.32. The van der Waals surface area contributed by atoms with E-state index in [4.69, 9.17) is 14.2 Å². The number of carbonyl (C=O) groups excluding carboxylic acids is 1. The van der Waals surface area contributed by atoms with Crippen molar-refractivity contribution in [1.29, 1.82) is 0 Å². The number of para-hydroxylation sites is 1. The molecule has 0 bridgehead atoms. The summed E-state index contributed by atoms with van der Waals surface area (Å²) in [6.07, 6.45) is 2.36. The first kappa shape index (κ1) is 21.7. The summed E-state index contributed by atoms with van der Waals surface area (Å²) in [4.78, 5) is 23.5. The van der Waals surface area contributed by atoms with Crippen molar-refractivity contribution in [3.63, 3.8) is 0 Å². The average molecular weight is 415 g/mol. The smallest absolute Gasteiger partial charge is 0.258 e. The van der Waals surface area contributed by atoms with E-state index in [0.29, 0.717) is 35.8 Å². The fourth-order valence-electron chi connectivity index (χ4n) is 3.59. The van der Waals surface area contributed by atoms with Gasteiger partial charge < -0.3 is 24.4 Å². The number of carbonyl (C=O) groups is 1. The Morgan fingerprint density at radius 2 is 2.10 bits per heavy atom. The van der Waals surface area contributed by atoms with Crippen LogP contribution >= 0.6 is 0 Å². The number of methoxy groups -OCH3 is 2. The molecule has 0 saturated carbocycles. The van der Waals surface area contributed by atoms with Crippen molar-refractivity contribution in [2.24, 2.45) is 5.92 Å². The highest BCUT2D eigenvalue weighted by molar-refractivity contribution is 5.77. The summed E-state index contributed by atoms with van der Waals surface area (Å²) in [5.74, 6) is 2.67. The number of hydrogen-bond donors (Lipinski definition) is 1. The second-order valence-electron chi connectivity index (χ2n) is 7.56. The van der Waals surface area contributed by atoms with Gasteiger partial charge in [-0.1, -0.05) is 19.1 Å². The molecule has 1 aliphatic rings.